The quantitative estimate of drug-likeness (QED) is 0.764. The minimum Gasteiger partial charge on any atom is -0.459 e. The van der Waals surface area contributed by atoms with E-state index in [2.05, 4.69) is 20.4 Å². The lowest BCUT2D eigenvalue weighted by atomic mass is 10.1. The van der Waals surface area contributed by atoms with Gasteiger partial charge < -0.3 is 19.2 Å². The van der Waals surface area contributed by atoms with Crippen molar-refractivity contribution in [3.05, 3.63) is 47.3 Å². The lowest BCUT2D eigenvalue weighted by Crippen LogP contribution is -2.52. The fourth-order valence-corrected chi connectivity index (χ4v) is 3.43. The van der Waals surface area contributed by atoms with Crippen LogP contribution in [0.3, 0.4) is 0 Å². The number of carbonyl (C=O) groups excluding carboxylic acids is 1. The Kier molecular flexibility index (Phi) is 4.57. The molecule has 0 bridgehead atoms. The Labute approximate surface area is 157 Å². The summed E-state index contributed by atoms with van der Waals surface area (Å²) in [5, 5.41) is 7.91. The Bertz CT molecular complexity index is 963. The molecule has 2 amide bonds. The van der Waals surface area contributed by atoms with Gasteiger partial charge in [0.05, 0.1) is 6.54 Å². The fraction of sp³-hybridized carbons (Fsp3) is 0.421. The number of hydrogen-bond donors (Lipinski definition) is 1. The van der Waals surface area contributed by atoms with E-state index in [0.29, 0.717) is 31.3 Å². The first-order chi connectivity index (χ1) is 13.0. The average molecular weight is 369 g/mol. The van der Waals surface area contributed by atoms with Gasteiger partial charge in [0.15, 0.2) is 5.82 Å². The summed E-state index contributed by atoms with van der Waals surface area (Å²) in [5.74, 6) is 1.92. The number of urea groups is 1. The molecule has 3 aromatic rings. The maximum absolute atomic E-state index is 12.7. The second-order valence-corrected chi connectivity index (χ2v) is 6.93. The van der Waals surface area contributed by atoms with Gasteiger partial charge in [0.25, 0.3) is 0 Å². The highest BCUT2D eigenvalue weighted by molar-refractivity contribution is 5.82. The molecule has 8 nitrogen and oxygen atoms in total. The Morgan fingerprint density at radius 1 is 1.30 bits per heavy atom. The number of nitrogens with zero attached hydrogens (tertiary/aromatic N) is 4. The summed E-state index contributed by atoms with van der Waals surface area (Å²) in [4.78, 5) is 20.9. The molecule has 0 radical (unpaired) electrons. The molecule has 1 saturated heterocycles. The molecule has 2 aromatic heterocycles. The van der Waals surface area contributed by atoms with Gasteiger partial charge in [-0.1, -0.05) is 23.4 Å². The number of likely N-dealkylation sites (N-methyl/N-ethyl adjacent to an activating group) is 1. The van der Waals surface area contributed by atoms with Crippen molar-refractivity contribution in [2.24, 2.45) is 0 Å². The topological polar surface area (TPSA) is 87.6 Å². The smallest absolute Gasteiger partial charge is 0.317 e. The Hall–Kier alpha value is -2.87. The van der Waals surface area contributed by atoms with E-state index >= 15 is 0 Å². The maximum Gasteiger partial charge on any atom is 0.317 e. The standard InChI is InChI=1S/C19H23N5O3/c1-12-14-6-4-5-7-16(14)26-17(12)10-20-19(25)24-9-8-23(3)15(11-24)18-21-13(2)22-27-18/h4-7,15H,8-11H2,1-3H3,(H,20,25). The van der Waals surface area contributed by atoms with Crippen molar-refractivity contribution in [1.29, 1.82) is 0 Å². The van der Waals surface area contributed by atoms with Crippen LogP contribution in [0.4, 0.5) is 4.79 Å². The molecule has 1 aliphatic heterocycles. The first-order valence-corrected chi connectivity index (χ1v) is 9.03. The van der Waals surface area contributed by atoms with Gasteiger partial charge in [0.1, 0.15) is 17.4 Å². The predicted octanol–water partition coefficient (Wildman–Crippen LogP) is 2.63. The Balaban J connectivity index is 1.42. The summed E-state index contributed by atoms with van der Waals surface area (Å²) < 4.78 is 11.2. The third-order valence-corrected chi connectivity index (χ3v) is 5.11. The molecule has 142 valence electrons. The van der Waals surface area contributed by atoms with Gasteiger partial charge >= 0.3 is 6.03 Å². The van der Waals surface area contributed by atoms with Gasteiger partial charge in [0.2, 0.25) is 5.89 Å². The molecule has 1 unspecified atom stereocenters. The number of amides is 2. The van der Waals surface area contributed by atoms with Gasteiger partial charge in [-0.25, -0.2) is 4.79 Å². The summed E-state index contributed by atoms with van der Waals surface area (Å²) in [6.07, 6.45) is 0. The summed E-state index contributed by atoms with van der Waals surface area (Å²) in [6, 6.07) is 7.67. The molecule has 27 heavy (non-hydrogen) atoms. The van der Waals surface area contributed by atoms with Crippen LogP contribution < -0.4 is 5.32 Å². The molecule has 0 spiro atoms. The van der Waals surface area contributed by atoms with Crippen molar-refractivity contribution in [3.8, 4) is 0 Å². The summed E-state index contributed by atoms with van der Waals surface area (Å²) in [6.45, 7) is 6.04. The van der Waals surface area contributed by atoms with Crippen LogP contribution in [-0.2, 0) is 6.54 Å². The van der Waals surface area contributed by atoms with Gasteiger partial charge in [-0.2, -0.15) is 4.98 Å². The SMILES string of the molecule is Cc1noc(C2CN(C(=O)NCc3oc4ccccc4c3C)CCN2C)n1. The third kappa shape index (κ3) is 3.40. The summed E-state index contributed by atoms with van der Waals surface area (Å²) >= 11 is 0. The van der Waals surface area contributed by atoms with E-state index in [1.807, 2.05) is 38.2 Å². The number of furan rings is 1. The zero-order valence-corrected chi connectivity index (χ0v) is 15.7. The van der Waals surface area contributed by atoms with Crippen LogP contribution in [0.25, 0.3) is 11.0 Å². The highest BCUT2D eigenvalue weighted by atomic mass is 16.5. The van der Waals surface area contributed by atoms with Crippen molar-refractivity contribution in [3.63, 3.8) is 0 Å². The number of rotatable bonds is 3. The molecular weight excluding hydrogens is 346 g/mol. The summed E-state index contributed by atoms with van der Waals surface area (Å²) in [5.41, 5.74) is 1.90. The zero-order valence-electron chi connectivity index (χ0n) is 15.7. The second-order valence-electron chi connectivity index (χ2n) is 6.93. The van der Waals surface area contributed by atoms with E-state index in [4.69, 9.17) is 8.94 Å². The average Bonchev–Trinajstić information content (AvgIpc) is 3.24. The normalized spacial score (nSPS) is 18.2. The van der Waals surface area contributed by atoms with Gasteiger partial charge in [-0.15, -0.1) is 0 Å². The monoisotopic (exact) mass is 369 g/mol. The molecule has 0 saturated carbocycles. The van der Waals surface area contributed by atoms with Gasteiger partial charge in [-0.05, 0) is 27.0 Å². The number of piperazine rings is 1. The Morgan fingerprint density at radius 2 is 2.11 bits per heavy atom. The third-order valence-electron chi connectivity index (χ3n) is 5.11. The van der Waals surface area contributed by atoms with E-state index < -0.39 is 0 Å². The number of carbonyl (C=O) groups is 1. The minimum absolute atomic E-state index is 0.0985. The van der Waals surface area contributed by atoms with Crippen molar-refractivity contribution in [2.75, 3.05) is 26.7 Å². The van der Waals surface area contributed by atoms with E-state index in [9.17, 15) is 4.79 Å². The number of para-hydroxylation sites is 1. The molecular formula is C19H23N5O3. The molecule has 1 fully saturated rings. The molecule has 1 aliphatic rings. The van der Waals surface area contributed by atoms with Crippen molar-refractivity contribution < 1.29 is 13.7 Å². The molecule has 0 aliphatic carbocycles. The molecule has 1 aromatic carbocycles. The van der Waals surface area contributed by atoms with E-state index in [1.54, 1.807) is 11.8 Å². The molecule has 1 N–H and O–H groups in total. The fourth-order valence-electron chi connectivity index (χ4n) is 3.43. The van der Waals surface area contributed by atoms with Crippen LogP contribution in [-0.4, -0.2) is 52.7 Å². The summed E-state index contributed by atoms with van der Waals surface area (Å²) in [7, 11) is 2.00. The van der Waals surface area contributed by atoms with Crippen LogP contribution >= 0.6 is 0 Å². The van der Waals surface area contributed by atoms with Gasteiger partial charge in [0, 0.05) is 30.6 Å². The molecule has 3 heterocycles. The number of aryl methyl sites for hydroxylation is 2. The Morgan fingerprint density at radius 3 is 2.85 bits per heavy atom. The van der Waals surface area contributed by atoms with Crippen LogP contribution in [0, 0.1) is 13.8 Å². The minimum atomic E-state index is -0.121. The number of hydrogen-bond acceptors (Lipinski definition) is 6. The predicted molar refractivity (Wildman–Crippen MR) is 99.2 cm³/mol. The number of aromatic nitrogens is 2. The number of benzene rings is 1. The number of fused-ring (bicyclic) bond motifs is 1. The van der Waals surface area contributed by atoms with E-state index in [-0.39, 0.29) is 12.1 Å². The van der Waals surface area contributed by atoms with Crippen molar-refractivity contribution in [1.82, 2.24) is 25.3 Å². The van der Waals surface area contributed by atoms with Crippen molar-refractivity contribution in [2.45, 2.75) is 26.4 Å². The lowest BCUT2D eigenvalue weighted by Gasteiger charge is -2.37. The second kappa shape index (κ2) is 7.03. The largest absolute Gasteiger partial charge is 0.459 e. The lowest BCUT2D eigenvalue weighted by molar-refractivity contribution is 0.0908. The first kappa shape index (κ1) is 17.5. The highest BCUT2D eigenvalue weighted by Gasteiger charge is 2.32. The maximum atomic E-state index is 12.7. The van der Waals surface area contributed by atoms with E-state index in [0.717, 1.165) is 28.8 Å². The van der Waals surface area contributed by atoms with Crippen molar-refractivity contribution >= 4 is 17.0 Å². The molecule has 1 atom stereocenters. The molecule has 4 rings (SSSR count). The van der Waals surface area contributed by atoms with Crippen LogP contribution in [0.2, 0.25) is 0 Å². The highest BCUT2D eigenvalue weighted by Crippen LogP contribution is 2.25. The van der Waals surface area contributed by atoms with Crippen LogP contribution in [0.1, 0.15) is 29.1 Å². The molecule has 8 heteroatoms. The zero-order chi connectivity index (χ0) is 19.0. The first-order valence-electron chi connectivity index (χ1n) is 9.03. The van der Waals surface area contributed by atoms with Gasteiger partial charge in [-0.3, -0.25) is 4.90 Å². The number of nitrogens with one attached hydrogen (secondary N) is 1. The van der Waals surface area contributed by atoms with Crippen LogP contribution in [0.5, 0.6) is 0 Å². The van der Waals surface area contributed by atoms with E-state index in [1.165, 1.54) is 0 Å². The van der Waals surface area contributed by atoms with Crippen LogP contribution in [0.15, 0.2) is 33.2 Å².